The average Bonchev–Trinajstić information content (AvgIpc) is 2.94. The summed E-state index contributed by atoms with van der Waals surface area (Å²) >= 11 is 5.93. The van der Waals surface area contributed by atoms with E-state index in [2.05, 4.69) is 15.5 Å². The summed E-state index contributed by atoms with van der Waals surface area (Å²) in [6.07, 6.45) is 1.86. The van der Waals surface area contributed by atoms with Crippen LogP contribution in [-0.2, 0) is 0 Å². The number of carbonyl (C=O) groups is 1. The van der Waals surface area contributed by atoms with Gasteiger partial charge >= 0.3 is 6.03 Å². The summed E-state index contributed by atoms with van der Waals surface area (Å²) in [7, 11) is 0. The summed E-state index contributed by atoms with van der Waals surface area (Å²) in [5, 5.41) is 7.28. The van der Waals surface area contributed by atoms with Crippen LogP contribution in [-0.4, -0.2) is 34.2 Å². The molecule has 3 rings (SSSR count). The lowest BCUT2D eigenvalue weighted by Crippen LogP contribution is -2.41. The molecular formula is C15H17ClN4O2. The first-order valence-corrected chi connectivity index (χ1v) is 7.61. The van der Waals surface area contributed by atoms with Crippen molar-refractivity contribution < 1.29 is 9.32 Å². The highest BCUT2D eigenvalue weighted by Crippen LogP contribution is 2.26. The molecule has 2 aromatic rings. The molecule has 0 radical (unpaired) electrons. The van der Waals surface area contributed by atoms with Crippen molar-refractivity contribution in [2.24, 2.45) is 0 Å². The van der Waals surface area contributed by atoms with Gasteiger partial charge in [-0.25, -0.2) is 4.79 Å². The Labute approximate surface area is 133 Å². The molecular weight excluding hydrogens is 304 g/mol. The minimum Gasteiger partial charge on any atom is -0.339 e. The summed E-state index contributed by atoms with van der Waals surface area (Å²) in [6.45, 7) is 3.09. The molecule has 0 saturated carbocycles. The molecule has 0 spiro atoms. The number of carbonyl (C=O) groups excluding carboxylic acids is 1. The number of benzene rings is 1. The van der Waals surface area contributed by atoms with Crippen LogP contribution < -0.4 is 5.32 Å². The molecule has 1 saturated heterocycles. The zero-order valence-electron chi connectivity index (χ0n) is 12.3. The van der Waals surface area contributed by atoms with E-state index in [1.807, 2.05) is 6.07 Å². The first-order valence-electron chi connectivity index (χ1n) is 7.23. The van der Waals surface area contributed by atoms with Gasteiger partial charge in [0.15, 0.2) is 5.82 Å². The minimum atomic E-state index is -0.136. The Kier molecular flexibility index (Phi) is 4.29. The first-order chi connectivity index (χ1) is 10.6. The zero-order chi connectivity index (χ0) is 15.5. The minimum absolute atomic E-state index is 0.0973. The van der Waals surface area contributed by atoms with Crippen LogP contribution in [0.5, 0.6) is 0 Å². The molecule has 1 aromatic heterocycles. The van der Waals surface area contributed by atoms with Gasteiger partial charge in [-0.2, -0.15) is 4.98 Å². The number of rotatable bonds is 2. The van der Waals surface area contributed by atoms with Gasteiger partial charge in [-0.3, -0.25) is 0 Å². The third-order valence-electron chi connectivity index (χ3n) is 3.68. The number of aromatic nitrogens is 2. The van der Waals surface area contributed by atoms with Crippen LogP contribution in [0, 0.1) is 6.92 Å². The third kappa shape index (κ3) is 3.39. The molecule has 1 atom stereocenters. The van der Waals surface area contributed by atoms with Crippen LogP contribution >= 0.6 is 11.6 Å². The number of nitrogens with zero attached hydrogens (tertiary/aromatic N) is 3. The maximum absolute atomic E-state index is 12.4. The van der Waals surface area contributed by atoms with Crippen molar-refractivity contribution in [3.05, 3.63) is 41.0 Å². The summed E-state index contributed by atoms with van der Waals surface area (Å²) in [4.78, 5) is 18.4. The van der Waals surface area contributed by atoms with Gasteiger partial charge in [0.25, 0.3) is 0 Å². The molecule has 116 valence electrons. The predicted molar refractivity (Wildman–Crippen MR) is 83.1 cm³/mol. The third-order valence-corrected chi connectivity index (χ3v) is 3.91. The van der Waals surface area contributed by atoms with Gasteiger partial charge in [0, 0.05) is 23.8 Å². The maximum atomic E-state index is 12.4. The Hall–Kier alpha value is -2.08. The van der Waals surface area contributed by atoms with Crippen molar-refractivity contribution in [2.45, 2.75) is 25.7 Å². The van der Waals surface area contributed by atoms with E-state index < -0.39 is 0 Å². The lowest BCUT2D eigenvalue weighted by molar-refractivity contribution is 0.184. The van der Waals surface area contributed by atoms with Gasteiger partial charge in [0.05, 0.1) is 5.92 Å². The monoisotopic (exact) mass is 320 g/mol. The van der Waals surface area contributed by atoms with Crippen LogP contribution in [0.2, 0.25) is 5.02 Å². The van der Waals surface area contributed by atoms with Gasteiger partial charge in [-0.1, -0.05) is 22.8 Å². The lowest BCUT2D eigenvalue weighted by Gasteiger charge is -2.31. The van der Waals surface area contributed by atoms with Crippen LogP contribution in [0.4, 0.5) is 10.5 Å². The quantitative estimate of drug-likeness (QED) is 0.920. The van der Waals surface area contributed by atoms with E-state index in [1.54, 1.807) is 30.0 Å². The highest BCUT2D eigenvalue weighted by Gasteiger charge is 2.28. The Morgan fingerprint density at radius 2 is 2.36 bits per heavy atom. The summed E-state index contributed by atoms with van der Waals surface area (Å²) in [5.41, 5.74) is 0.688. The molecule has 0 bridgehead atoms. The smallest absolute Gasteiger partial charge is 0.321 e. The number of piperidine rings is 1. The fraction of sp³-hybridized carbons (Fsp3) is 0.400. The number of amides is 2. The largest absolute Gasteiger partial charge is 0.339 e. The fourth-order valence-corrected chi connectivity index (χ4v) is 2.80. The highest BCUT2D eigenvalue weighted by atomic mass is 35.5. The SMILES string of the molecule is Cc1noc([C@@H]2CCCN(C(=O)Nc3cccc(Cl)c3)C2)n1. The molecule has 1 fully saturated rings. The number of halogens is 1. The Morgan fingerprint density at radius 3 is 3.09 bits per heavy atom. The number of urea groups is 1. The molecule has 7 heteroatoms. The van der Waals surface area contributed by atoms with E-state index in [1.165, 1.54) is 0 Å². The van der Waals surface area contributed by atoms with Gasteiger partial charge in [0.2, 0.25) is 5.89 Å². The molecule has 0 unspecified atom stereocenters. The van der Waals surface area contributed by atoms with Crippen LogP contribution in [0.1, 0.15) is 30.5 Å². The number of nitrogens with one attached hydrogen (secondary N) is 1. The second kappa shape index (κ2) is 6.36. The first kappa shape index (κ1) is 14.8. The van der Waals surface area contributed by atoms with Crippen molar-refractivity contribution in [1.82, 2.24) is 15.0 Å². The topological polar surface area (TPSA) is 71.3 Å². The molecule has 1 aromatic carbocycles. The second-order valence-corrected chi connectivity index (χ2v) is 5.84. The van der Waals surface area contributed by atoms with Crippen molar-refractivity contribution in [2.75, 3.05) is 18.4 Å². The summed E-state index contributed by atoms with van der Waals surface area (Å²) < 4.78 is 5.23. The number of hydrogen-bond donors (Lipinski definition) is 1. The van der Waals surface area contributed by atoms with Crippen molar-refractivity contribution in [1.29, 1.82) is 0 Å². The Balaban J connectivity index is 1.65. The van der Waals surface area contributed by atoms with E-state index in [9.17, 15) is 4.79 Å². The summed E-state index contributed by atoms with van der Waals surface area (Å²) in [6, 6.07) is 6.97. The van der Waals surface area contributed by atoms with E-state index in [-0.39, 0.29) is 11.9 Å². The van der Waals surface area contributed by atoms with E-state index in [0.29, 0.717) is 29.0 Å². The molecule has 2 heterocycles. The number of likely N-dealkylation sites (tertiary alicyclic amines) is 1. The van der Waals surface area contributed by atoms with Gasteiger partial charge in [-0.05, 0) is 38.0 Å². The highest BCUT2D eigenvalue weighted by molar-refractivity contribution is 6.30. The van der Waals surface area contributed by atoms with E-state index >= 15 is 0 Å². The zero-order valence-corrected chi connectivity index (χ0v) is 13.0. The van der Waals surface area contributed by atoms with Crippen molar-refractivity contribution in [3.63, 3.8) is 0 Å². The summed E-state index contributed by atoms with van der Waals surface area (Å²) in [5.74, 6) is 1.33. The Morgan fingerprint density at radius 1 is 1.50 bits per heavy atom. The van der Waals surface area contributed by atoms with Gasteiger partial charge in [-0.15, -0.1) is 0 Å². The van der Waals surface area contributed by atoms with Crippen LogP contribution in [0.3, 0.4) is 0 Å². The number of anilines is 1. The predicted octanol–water partition coefficient (Wildman–Crippen LogP) is 3.44. The normalized spacial score (nSPS) is 18.3. The van der Waals surface area contributed by atoms with E-state index in [0.717, 1.165) is 19.4 Å². The molecule has 1 aliphatic rings. The molecule has 0 aliphatic carbocycles. The fourth-order valence-electron chi connectivity index (χ4n) is 2.61. The maximum Gasteiger partial charge on any atom is 0.321 e. The average molecular weight is 321 g/mol. The molecule has 6 nitrogen and oxygen atoms in total. The Bertz CT molecular complexity index is 673. The van der Waals surface area contributed by atoms with E-state index in [4.69, 9.17) is 16.1 Å². The number of aryl methyl sites for hydroxylation is 1. The van der Waals surface area contributed by atoms with Crippen molar-refractivity contribution >= 4 is 23.3 Å². The molecule has 1 aliphatic heterocycles. The standard InChI is InChI=1S/C15H17ClN4O2/c1-10-17-14(22-19-10)11-4-3-7-20(9-11)15(21)18-13-6-2-5-12(16)8-13/h2,5-6,8,11H,3-4,7,9H2,1H3,(H,18,21)/t11-/m1/s1. The van der Waals surface area contributed by atoms with Gasteiger partial charge in [0.1, 0.15) is 0 Å². The molecule has 22 heavy (non-hydrogen) atoms. The van der Waals surface area contributed by atoms with Crippen LogP contribution in [0.15, 0.2) is 28.8 Å². The second-order valence-electron chi connectivity index (χ2n) is 5.41. The molecule has 2 amide bonds. The number of hydrogen-bond acceptors (Lipinski definition) is 4. The van der Waals surface area contributed by atoms with Gasteiger partial charge < -0.3 is 14.7 Å². The molecule has 1 N–H and O–H groups in total. The lowest BCUT2D eigenvalue weighted by atomic mass is 9.98. The van der Waals surface area contributed by atoms with Crippen LogP contribution in [0.25, 0.3) is 0 Å². The van der Waals surface area contributed by atoms with Crippen molar-refractivity contribution in [3.8, 4) is 0 Å².